The fourth-order valence-electron chi connectivity index (χ4n) is 2.58. The van der Waals surface area contributed by atoms with E-state index in [-0.39, 0.29) is 12.5 Å². The quantitative estimate of drug-likeness (QED) is 0.516. The number of benzene rings is 2. The first-order valence-corrected chi connectivity index (χ1v) is 9.81. The average Bonchev–Trinajstić information content (AvgIpc) is 3.27. The third-order valence-electron chi connectivity index (χ3n) is 4.11. The van der Waals surface area contributed by atoms with Gasteiger partial charge >= 0.3 is 5.97 Å². The van der Waals surface area contributed by atoms with Gasteiger partial charge in [-0.3, -0.25) is 9.59 Å². The molecule has 0 fully saturated rings. The molecule has 0 aliphatic heterocycles. The van der Waals surface area contributed by atoms with E-state index in [1.54, 1.807) is 53.5 Å². The molecule has 1 heterocycles. The second kappa shape index (κ2) is 9.84. The van der Waals surface area contributed by atoms with Gasteiger partial charge < -0.3 is 15.4 Å². The van der Waals surface area contributed by atoms with Crippen molar-refractivity contribution in [2.45, 2.75) is 6.92 Å². The van der Waals surface area contributed by atoms with Crippen molar-refractivity contribution in [3.05, 3.63) is 76.5 Å². The summed E-state index contributed by atoms with van der Waals surface area (Å²) in [6.07, 6.45) is 3.44. The monoisotopic (exact) mass is 470 g/mol. The maximum atomic E-state index is 12.1. The SMILES string of the molecule is Cc1cc(Br)ccc1NC(=O)CNC(=O)COC(=O)c1ccc(-n2cccn2)cc1. The van der Waals surface area contributed by atoms with E-state index < -0.39 is 18.5 Å². The topological polar surface area (TPSA) is 102 Å². The standard InChI is InChI=1S/C21H19BrN4O4/c1-14-11-16(22)5-8-18(14)25-19(27)12-23-20(28)13-30-21(29)15-3-6-17(7-4-15)26-10-2-9-24-26/h2-11H,12-13H2,1H3,(H,23,28)(H,25,27). The zero-order chi connectivity index (χ0) is 21.5. The number of esters is 1. The maximum absolute atomic E-state index is 12.1. The first-order valence-electron chi connectivity index (χ1n) is 9.02. The van der Waals surface area contributed by atoms with Gasteiger partial charge in [0, 0.05) is 22.6 Å². The number of carbonyl (C=O) groups is 3. The molecule has 1 aromatic heterocycles. The highest BCUT2D eigenvalue weighted by atomic mass is 79.9. The first kappa shape index (κ1) is 21.3. The van der Waals surface area contributed by atoms with Crippen molar-refractivity contribution in [2.75, 3.05) is 18.5 Å². The summed E-state index contributed by atoms with van der Waals surface area (Å²) < 4.78 is 7.56. The van der Waals surface area contributed by atoms with E-state index in [0.717, 1.165) is 15.7 Å². The van der Waals surface area contributed by atoms with E-state index >= 15 is 0 Å². The highest BCUT2D eigenvalue weighted by molar-refractivity contribution is 9.10. The van der Waals surface area contributed by atoms with Gasteiger partial charge in [0.25, 0.3) is 5.91 Å². The van der Waals surface area contributed by atoms with Crippen molar-refractivity contribution in [3.63, 3.8) is 0 Å². The molecule has 0 radical (unpaired) electrons. The Morgan fingerprint density at radius 2 is 1.87 bits per heavy atom. The molecule has 3 aromatic rings. The minimum Gasteiger partial charge on any atom is -0.452 e. The molecule has 0 unspecified atom stereocenters. The Hall–Kier alpha value is -3.46. The van der Waals surface area contributed by atoms with Gasteiger partial charge in [0.05, 0.1) is 17.8 Å². The number of amides is 2. The van der Waals surface area contributed by atoms with E-state index in [0.29, 0.717) is 11.3 Å². The van der Waals surface area contributed by atoms with E-state index in [1.807, 2.05) is 19.1 Å². The van der Waals surface area contributed by atoms with Crippen LogP contribution in [0, 0.1) is 6.92 Å². The molecule has 0 saturated heterocycles. The molecule has 2 N–H and O–H groups in total. The lowest BCUT2D eigenvalue weighted by Gasteiger charge is -2.10. The summed E-state index contributed by atoms with van der Waals surface area (Å²) in [5.41, 5.74) is 2.64. The third kappa shape index (κ3) is 5.77. The lowest BCUT2D eigenvalue weighted by Crippen LogP contribution is -2.35. The van der Waals surface area contributed by atoms with Crippen molar-refractivity contribution < 1.29 is 19.1 Å². The minimum absolute atomic E-state index is 0.232. The third-order valence-corrected chi connectivity index (χ3v) is 4.61. The number of carbonyl (C=O) groups excluding carboxylic acids is 3. The Morgan fingerprint density at radius 3 is 2.53 bits per heavy atom. The molecule has 9 heteroatoms. The number of hydrogen-bond acceptors (Lipinski definition) is 5. The van der Waals surface area contributed by atoms with Crippen LogP contribution >= 0.6 is 15.9 Å². The molecule has 0 bridgehead atoms. The summed E-state index contributed by atoms with van der Waals surface area (Å²) in [5.74, 6) is -1.58. The zero-order valence-electron chi connectivity index (χ0n) is 16.1. The number of hydrogen-bond donors (Lipinski definition) is 2. The fourth-order valence-corrected chi connectivity index (χ4v) is 3.05. The second-order valence-corrected chi connectivity index (χ2v) is 7.27. The van der Waals surface area contributed by atoms with Crippen LogP contribution in [0.25, 0.3) is 5.69 Å². The van der Waals surface area contributed by atoms with E-state index in [2.05, 4.69) is 31.7 Å². The molecular formula is C21H19BrN4O4. The minimum atomic E-state index is -0.632. The second-order valence-electron chi connectivity index (χ2n) is 6.36. The number of ether oxygens (including phenoxy) is 1. The van der Waals surface area contributed by atoms with Gasteiger partial charge in [0.15, 0.2) is 6.61 Å². The van der Waals surface area contributed by atoms with Gasteiger partial charge in [-0.25, -0.2) is 9.48 Å². The molecule has 2 aromatic carbocycles. The van der Waals surface area contributed by atoms with Crippen LogP contribution in [0.2, 0.25) is 0 Å². The lowest BCUT2D eigenvalue weighted by atomic mass is 10.2. The molecule has 0 saturated carbocycles. The Kier molecular flexibility index (Phi) is 6.97. The normalized spacial score (nSPS) is 10.3. The van der Waals surface area contributed by atoms with Crippen LogP contribution in [0.15, 0.2) is 65.4 Å². The molecule has 30 heavy (non-hydrogen) atoms. The molecule has 0 aliphatic rings. The van der Waals surface area contributed by atoms with Crippen molar-refractivity contribution >= 4 is 39.4 Å². The average molecular weight is 471 g/mol. The molecule has 8 nitrogen and oxygen atoms in total. The predicted octanol–water partition coefficient (Wildman–Crippen LogP) is 2.85. The number of rotatable bonds is 7. The number of nitrogens with zero attached hydrogens (tertiary/aromatic N) is 2. The summed E-state index contributed by atoms with van der Waals surface area (Å²) in [4.78, 5) is 35.9. The highest BCUT2D eigenvalue weighted by Gasteiger charge is 2.12. The molecule has 2 amide bonds. The smallest absolute Gasteiger partial charge is 0.338 e. The Balaban J connectivity index is 1.42. The molecule has 0 atom stereocenters. The van der Waals surface area contributed by atoms with Crippen LogP contribution < -0.4 is 10.6 Å². The summed E-state index contributed by atoms with van der Waals surface area (Å²) in [7, 11) is 0. The summed E-state index contributed by atoms with van der Waals surface area (Å²) >= 11 is 3.36. The number of anilines is 1. The van der Waals surface area contributed by atoms with Gasteiger partial charge in [-0.2, -0.15) is 5.10 Å². The molecule has 0 aliphatic carbocycles. The number of halogens is 1. The van der Waals surface area contributed by atoms with Crippen LogP contribution in [-0.4, -0.2) is 40.7 Å². The Morgan fingerprint density at radius 1 is 1.10 bits per heavy atom. The van der Waals surface area contributed by atoms with Crippen LogP contribution in [0.1, 0.15) is 15.9 Å². The fraction of sp³-hybridized carbons (Fsp3) is 0.143. The van der Waals surface area contributed by atoms with Gasteiger partial charge in [0.2, 0.25) is 5.91 Å². The van der Waals surface area contributed by atoms with E-state index in [9.17, 15) is 14.4 Å². The van der Waals surface area contributed by atoms with Crippen LogP contribution in [-0.2, 0) is 14.3 Å². The van der Waals surface area contributed by atoms with Crippen LogP contribution in [0.5, 0.6) is 0 Å². The molecule has 0 spiro atoms. The van der Waals surface area contributed by atoms with Crippen molar-refractivity contribution in [1.82, 2.24) is 15.1 Å². The van der Waals surface area contributed by atoms with Gasteiger partial charge in [-0.1, -0.05) is 15.9 Å². The van der Waals surface area contributed by atoms with Crippen molar-refractivity contribution in [3.8, 4) is 5.69 Å². The number of aryl methyl sites for hydroxylation is 1. The number of nitrogens with one attached hydrogen (secondary N) is 2. The lowest BCUT2D eigenvalue weighted by molar-refractivity contribution is -0.126. The molecule has 3 rings (SSSR count). The summed E-state index contributed by atoms with van der Waals surface area (Å²) in [6, 6.07) is 13.9. The van der Waals surface area contributed by atoms with E-state index in [1.165, 1.54) is 0 Å². The molecular weight excluding hydrogens is 452 g/mol. The Bertz CT molecular complexity index is 1050. The summed E-state index contributed by atoms with van der Waals surface area (Å²) in [6.45, 7) is 1.15. The molecule has 154 valence electrons. The van der Waals surface area contributed by atoms with Gasteiger partial charge in [-0.05, 0) is 61.0 Å². The Labute approximate surface area is 181 Å². The maximum Gasteiger partial charge on any atom is 0.338 e. The zero-order valence-corrected chi connectivity index (χ0v) is 17.7. The first-order chi connectivity index (χ1) is 14.4. The predicted molar refractivity (Wildman–Crippen MR) is 114 cm³/mol. The van der Waals surface area contributed by atoms with Crippen molar-refractivity contribution in [1.29, 1.82) is 0 Å². The van der Waals surface area contributed by atoms with Crippen molar-refractivity contribution in [2.24, 2.45) is 0 Å². The largest absolute Gasteiger partial charge is 0.452 e. The van der Waals surface area contributed by atoms with Gasteiger partial charge in [-0.15, -0.1) is 0 Å². The highest BCUT2D eigenvalue weighted by Crippen LogP contribution is 2.19. The number of aromatic nitrogens is 2. The van der Waals surface area contributed by atoms with Crippen LogP contribution in [0.3, 0.4) is 0 Å². The van der Waals surface area contributed by atoms with E-state index in [4.69, 9.17) is 4.74 Å². The summed E-state index contributed by atoms with van der Waals surface area (Å²) in [5, 5.41) is 9.23. The van der Waals surface area contributed by atoms with Crippen LogP contribution in [0.4, 0.5) is 5.69 Å². The van der Waals surface area contributed by atoms with Gasteiger partial charge in [0.1, 0.15) is 0 Å².